The van der Waals surface area contributed by atoms with Gasteiger partial charge in [-0.2, -0.15) is 0 Å². The summed E-state index contributed by atoms with van der Waals surface area (Å²) in [6.07, 6.45) is -0.991. The first kappa shape index (κ1) is 16.8. The average molecular weight is 297 g/mol. The molecule has 1 aromatic rings. The third-order valence-electron chi connectivity index (χ3n) is 2.89. The summed E-state index contributed by atoms with van der Waals surface area (Å²) in [5, 5.41) is 11.3. The molecule has 0 bridgehead atoms. The molecular formula is C14H19NO6. The van der Waals surface area contributed by atoms with E-state index < -0.39 is 12.1 Å². The molecule has 2 N–H and O–H groups in total. The number of ether oxygens (including phenoxy) is 3. The summed E-state index contributed by atoms with van der Waals surface area (Å²) in [6, 6.07) is 5.13. The number of nitrogens with one attached hydrogen (secondary N) is 1. The zero-order valence-electron chi connectivity index (χ0n) is 12.2. The van der Waals surface area contributed by atoms with Crippen LogP contribution in [0.5, 0.6) is 11.5 Å². The van der Waals surface area contributed by atoms with Crippen molar-refractivity contribution in [1.82, 2.24) is 5.32 Å². The number of benzene rings is 1. The maximum atomic E-state index is 11.8. The van der Waals surface area contributed by atoms with E-state index in [2.05, 4.69) is 5.32 Å². The Morgan fingerprint density at radius 1 is 1.24 bits per heavy atom. The molecule has 116 valence electrons. The van der Waals surface area contributed by atoms with Gasteiger partial charge in [0.05, 0.1) is 27.2 Å². The Morgan fingerprint density at radius 3 is 2.48 bits per heavy atom. The molecule has 1 rings (SSSR count). The fourth-order valence-electron chi connectivity index (χ4n) is 1.71. The second-order valence-electron chi connectivity index (χ2n) is 4.22. The van der Waals surface area contributed by atoms with Gasteiger partial charge in [-0.25, -0.2) is 4.79 Å². The highest BCUT2D eigenvalue weighted by Gasteiger charge is 2.17. The van der Waals surface area contributed by atoms with Crippen LogP contribution in [0.15, 0.2) is 18.2 Å². The van der Waals surface area contributed by atoms with E-state index in [1.807, 2.05) is 0 Å². The number of carbonyl (C=O) groups is 2. The number of aliphatic carboxylic acids is 1. The smallest absolute Gasteiger partial charge is 0.334 e. The summed E-state index contributed by atoms with van der Waals surface area (Å²) < 4.78 is 15.0. The fraction of sp³-hybridized carbons (Fsp3) is 0.429. The lowest BCUT2D eigenvalue weighted by Crippen LogP contribution is -2.38. The van der Waals surface area contributed by atoms with Crippen molar-refractivity contribution < 1.29 is 28.9 Å². The fourth-order valence-corrected chi connectivity index (χ4v) is 1.71. The molecule has 0 saturated heterocycles. The normalized spacial score (nSPS) is 11.6. The quantitative estimate of drug-likeness (QED) is 0.724. The number of carboxylic acid groups (broad SMARTS) is 1. The van der Waals surface area contributed by atoms with Gasteiger partial charge in [0.15, 0.2) is 6.10 Å². The van der Waals surface area contributed by atoms with Gasteiger partial charge in [0.25, 0.3) is 0 Å². The minimum absolute atomic E-state index is 0.0726. The minimum atomic E-state index is -1.13. The van der Waals surface area contributed by atoms with Crippen LogP contribution in [0.2, 0.25) is 0 Å². The van der Waals surface area contributed by atoms with Crippen LogP contribution in [0.3, 0.4) is 0 Å². The van der Waals surface area contributed by atoms with Gasteiger partial charge < -0.3 is 24.6 Å². The molecule has 1 atom stereocenters. The van der Waals surface area contributed by atoms with E-state index in [0.717, 1.165) is 0 Å². The molecule has 7 nitrogen and oxygen atoms in total. The Labute approximate surface area is 122 Å². The van der Waals surface area contributed by atoms with Crippen molar-refractivity contribution in [2.75, 3.05) is 27.9 Å². The van der Waals surface area contributed by atoms with Gasteiger partial charge in [-0.1, -0.05) is 6.07 Å². The van der Waals surface area contributed by atoms with Crippen molar-refractivity contribution >= 4 is 11.9 Å². The highest BCUT2D eigenvalue weighted by Crippen LogP contribution is 2.24. The molecule has 0 radical (unpaired) electrons. The molecule has 1 unspecified atom stereocenters. The van der Waals surface area contributed by atoms with E-state index in [-0.39, 0.29) is 18.9 Å². The number of methoxy groups -OCH3 is 3. The van der Waals surface area contributed by atoms with E-state index in [4.69, 9.17) is 19.3 Å². The number of carbonyl (C=O) groups excluding carboxylic acids is 1. The van der Waals surface area contributed by atoms with Crippen LogP contribution in [0, 0.1) is 0 Å². The molecule has 7 heteroatoms. The van der Waals surface area contributed by atoms with Crippen LogP contribution in [-0.4, -0.2) is 51.0 Å². The van der Waals surface area contributed by atoms with Gasteiger partial charge in [-0.3, -0.25) is 4.79 Å². The van der Waals surface area contributed by atoms with Crippen LogP contribution < -0.4 is 14.8 Å². The van der Waals surface area contributed by atoms with Crippen LogP contribution in [0.1, 0.15) is 5.56 Å². The van der Waals surface area contributed by atoms with Crippen LogP contribution in [0.25, 0.3) is 0 Å². The number of hydrogen-bond donors (Lipinski definition) is 2. The Hall–Kier alpha value is -2.28. The molecule has 0 aliphatic heterocycles. The molecule has 21 heavy (non-hydrogen) atoms. The van der Waals surface area contributed by atoms with E-state index >= 15 is 0 Å². The molecule has 0 aliphatic rings. The number of hydrogen-bond acceptors (Lipinski definition) is 5. The standard InChI is InChI=1S/C14H19NO6/c1-19-10-5-4-9(11(7-10)20-2)6-13(16)15-8-12(21-3)14(17)18/h4-5,7,12H,6,8H2,1-3H3,(H,15,16)(H,17,18). The van der Waals surface area contributed by atoms with Crippen LogP contribution in [-0.2, 0) is 20.7 Å². The zero-order chi connectivity index (χ0) is 15.8. The Kier molecular flexibility index (Phi) is 6.48. The summed E-state index contributed by atoms with van der Waals surface area (Å²) in [4.78, 5) is 22.6. The van der Waals surface area contributed by atoms with E-state index in [9.17, 15) is 9.59 Å². The van der Waals surface area contributed by atoms with Crippen molar-refractivity contribution in [3.05, 3.63) is 23.8 Å². The number of amides is 1. The lowest BCUT2D eigenvalue weighted by atomic mass is 10.1. The van der Waals surface area contributed by atoms with Crippen LogP contribution >= 0.6 is 0 Å². The van der Waals surface area contributed by atoms with Gasteiger partial charge >= 0.3 is 5.97 Å². The van der Waals surface area contributed by atoms with Crippen LogP contribution in [0.4, 0.5) is 0 Å². The largest absolute Gasteiger partial charge is 0.497 e. The first-order chi connectivity index (χ1) is 10.0. The van der Waals surface area contributed by atoms with Crippen molar-refractivity contribution in [3.8, 4) is 11.5 Å². The highest BCUT2D eigenvalue weighted by atomic mass is 16.5. The van der Waals surface area contributed by atoms with E-state index in [1.54, 1.807) is 18.2 Å². The monoisotopic (exact) mass is 297 g/mol. The average Bonchev–Trinajstić information content (AvgIpc) is 2.47. The molecule has 0 aromatic heterocycles. The third-order valence-corrected chi connectivity index (χ3v) is 2.89. The summed E-state index contributed by atoms with van der Waals surface area (Å²) >= 11 is 0. The predicted octanol–water partition coefficient (Wildman–Crippen LogP) is 0.462. The SMILES string of the molecule is COc1ccc(CC(=O)NCC(OC)C(=O)O)c(OC)c1. The highest BCUT2D eigenvalue weighted by molar-refractivity contribution is 5.80. The molecule has 0 heterocycles. The topological polar surface area (TPSA) is 94.1 Å². The van der Waals surface area contributed by atoms with Gasteiger partial charge in [0, 0.05) is 18.7 Å². The van der Waals surface area contributed by atoms with Gasteiger partial charge in [-0.15, -0.1) is 0 Å². The van der Waals surface area contributed by atoms with Crippen molar-refractivity contribution in [2.45, 2.75) is 12.5 Å². The summed E-state index contributed by atoms with van der Waals surface area (Å²) in [5.74, 6) is -0.283. The maximum Gasteiger partial charge on any atom is 0.334 e. The van der Waals surface area contributed by atoms with E-state index in [0.29, 0.717) is 17.1 Å². The zero-order valence-corrected chi connectivity index (χ0v) is 12.2. The predicted molar refractivity (Wildman–Crippen MR) is 74.7 cm³/mol. The molecule has 1 aromatic carbocycles. The second kappa shape index (κ2) is 8.11. The molecule has 0 spiro atoms. The molecule has 0 saturated carbocycles. The Morgan fingerprint density at radius 2 is 1.95 bits per heavy atom. The van der Waals surface area contributed by atoms with Crippen molar-refractivity contribution in [3.63, 3.8) is 0 Å². The first-order valence-electron chi connectivity index (χ1n) is 6.25. The van der Waals surface area contributed by atoms with Crippen molar-refractivity contribution in [1.29, 1.82) is 0 Å². The summed E-state index contributed by atoms with van der Waals surface area (Å²) in [6.45, 7) is -0.0941. The number of rotatable bonds is 8. The maximum absolute atomic E-state index is 11.8. The molecule has 0 fully saturated rings. The van der Waals surface area contributed by atoms with Gasteiger partial charge in [-0.05, 0) is 6.07 Å². The summed E-state index contributed by atoms with van der Waals surface area (Å²) in [5.41, 5.74) is 0.681. The third kappa shape index (κ3) is 4.96. The van der Waals surface area contributed by atoms with Crippen molar-refractivity contribution in [2.24, 2.45) is 0 Å². The lowest BCUT2D eigenvalue weighted by Gasteiger charge is -2.13. The molecule has 1 amide bonds. The second-order valence-corrected chi connectivity index (χ2v) is 4.22. The van der Waals surface area contributed by atoms with Gasteiger partial charge in [0.1, 0.15) is 11.5 Å². The van der Waals surface area contributed by atoms with Gasteiger partial charge in [0.2, 0.25) is 5.91 Å². The number of carboxylic acids is 1. The molecule has 0 aliphatic carbocycles. The minimum Gasteiger partial charge on any atom is -0.497 e. The molecular weight excluding hydrogens is 278 g/mol. The Balaban J connectivity index is 2.64. The lowest BCUT2D eigenvalue weighted by molar-refractivity contribution is -0.148. The Bertz CT molecular complexity index is 502. The van der Waals surface area contributed by atoms with E-state index in [1.165, 1.54) is 21.3 Å². The first-order valence-corrected chi connectivity index (χ1v) is 6.25. The summed E-state index contributed by atoms with van der Waals surface area (Å²) in [7, 11) is 4.32.